The molecule has 0 aliphatic carbocycles. The molecule has 0 spiro atoms. The summed E-state index contributed by atoms with van der Waals surface area (Å²) in [7, 11) is 0. The van der Waals surface area contributed by atoms with Crippen LogP contribution in [0.5, 0.6) is 0 Å². The zero-order valence-corrected chi connectivity index (χ0v) is 15.7. The topological polar surface area (TPSA) is 73.9 Å². The molecule has 2 N–H and O–H groups in total. The number of H-pyrrole nitrogens is 1. The minimum Gasteiger partial charge on any atom is -0.352 e. The van der Waals surface area contributed by atoms with Gasteiger partial charge in [0, 0.05) is 49.1 Å². The van der Waals surface area contributed by atoms with Crippen LogP contribution in [-0.4, -0.2) is 34.2 Å². The molecule has 0 saturated heterocycles. The minimum absolute atomic E-state index is 0.106. The number of halogens is 1. The van der Waals surface area contributed by atoms with Gasteiger partial charge in [-0.3, -0.25) is 9.89 Å². The SMILES string of the molecule is CCCNC(=O)c1ccc(N2CCc3[nH]nc(-c4cccc(F)c4)c3C2)nc1. The van der Waals surface area contributed by atoms with E-state index >= 15 is 0 Å². The zero-order chi connectivity index (χ0) is 19.5. The van der Waals surface area contributed by atoms with Crippen molar-refractivity contribution < 1.29 is 9.18 Å². The maximum atomic E-state index is 13.6. The van der Waals surface area contributed by atoms with Crippen molar-refractivity contribution in [1.29, 1.82) is 0 Å². The first-order valence-electron chi connectivity index (χ1n) is 9.47. The number of benzene rings is 1. The molecule has 7 heteroatoms. The van der Waals surface area contributed by atoms with Crippen LogP contribution < -0.4 is 10.2 Å². The van der Waals surface area contributed by atoms with E-state index in [0.29, 0.717) is 18.7 Å². The highest BCUT2D eigenvalue weighted by Crippen LogP contribution is 2.30. The van der Waals surface area contributed by atoms with Crippen molar-refractivity contribution in [2.75, 3.05) is 18.0 Å². The number of carbonyl (C=O) groups is 1. The lowest BCUT2D eigenvalue weighted by atomic mass is 10.0. The third kappa shape index (κ3) is 3.60. The standard InChI is InChI=1S/C21H22FN5O/c1-2-9-23-21(28)15-6-7-19(24-12-15)27-10-8-18-17(13-27)20(26-25-18)14-4-3-5-16(22)11-14/h3-7,11-12H,2,8-10,13H2,1H3,(H,23,28)(H,25,26). The monoisotopic (exact) mass is 379 g/mol. The molecule has 4 rings (SSSR count). The number of nitrogens with one attached hydrogen (secondary N) is 2. The van der Waals surface area contributed by atoms with Crippen LogP contribution in [0.2, 0.25) is 0 Å². The molecule has 144 valence electrons. The molecule has 6 nitrogen and oxygen atoms in total. The van der Waals surface area contributed by atoms with Gasteiger partial charge >= 0.3 is 0 Å². The molecule has 2 aromatic heterocycles. The predicted octanol–water partition coefficient (Wildman–Crippen LogP) is 3.31. The zero-order valence-electron chi connectivity index (χ0n) is 15.7. The molecule has 0 saturated carbocycles. The lowest BCUT2D eigenvalue weighted by Crippen LogP contribution is -2.31. The molecule has 0 bridgehead atoms. The first-order chi connectivity index (χ1) is 13.7. The van der Waals surface area contributed by atoms with Crippen molar-refractivity contribution in [3.63, 3.8) is 0 Å². The van der Waals surface area contributed by atoms with Gasteiger partial charge in [-0.25, -0.2) is 9.37 Å². The summed E-state index contributed by atoms with van der Waals surface area (Å²) in [4.78, 5) is 18.7. The molecule has 0 fully saturated rings. The van der Waals surface area contributed by atoms with Crippen LogP contribution in [0, 0.1) is 5.82 Å². The summed E-state index contributed by atoms with van der Waals surface area (Å²) in [6, 6.07) is 10.1. The highest BCUT2D eigenvalue weighted by Gasteiger charge is 2.24. The van der Waals surface area contributed by atoms with Crippen molar-refractivity contribution in [1.82, 2.24) is 20.5 Å². The maximum Gasteiger partial charge on any atom is 0.252 e. The Morgan fingerprint density at radius 1 is 1.32 bits per heavy atom. The summed E-state index contributed by atoms with van der Waals surface area (Å²) >= 11 is 0. The van der Waals surface area contributed by atoms with Gasteiger partial charge < -0.3 is 10.2 Å². The van der Waals surface area contributed by atoms with E-state index in [9.17, 15) is 9.18 Å². The van der Waals surface area contributed by atoms with Crippen LogP contribution in [0.25, 0.3) is 11.3 Å². The summed E-state index contributed by atoms with van der Waals surface area (Å²) in [5, 5.41) is 10.4. The molecule has 3 aromatic rings. The van der Waals surface area contributed by atoms with Gasteiger partial charge in [0.25, 0.3) is 5.91 Å². The number of nitrogens with zero attached hydrogens (tertiary/aromatic N) is 3. The molecule has 1 aliphatic heterocycles. The number of pyridine rings is 1. The number of aromatic nitrogens is 3. The molecule has 1 aromatic carbocycles. The first kappa shape index (κ1) is 18.2. The lowest BCUT2D eigenvalue weighted by Gasteiger charge is -2.28. The van der Waals surface area contributed by atoms with E-state index in [0.717, 1.165) is 47.7 Å². The quantitative estimate of drug-likeness (QED) is 0.713. The Morgan fingerprint density at radius 2 is 2.21 bits per heavy atom. The summed E-state index contributed by atoms with van der Waals surface area (Å²) in [5.74, 6) is 0.426. The van der Waals surface area contributed by atoms with E-state index in [1.807, 2.05) is 19.1 Å². The fourth-order valence-electron chi connectivity index (χ4n) is 3.41. The molecular weight excluding hydrogens is 357 g/mol. The molecule has 0 unspecified atom stereocenters. The van der Waals surface area contributed by atoms with E-state index in [1.165, 1.54) is 12.1 Å². The Labute approximate surface area is 162 Å². The third-order valence-corrected chi connectivity index (χ3v) is 4.90. The number of aromatic amines is 1. The van der Waals surface area contributed by atoms with Crippen molar-refractivity contribution >= 4 is 11.7 Å². The Kier molecular flexibility index (Phi) is 5.06. The van der Waals surface area contributed by atoms with Gasteiger partial charge in [0.15, 0.2) is 0 Å². The average Bonchev–Trinajstić information content (AvgIpc) is 3.15. The van der Waals surface area contributed by atoms with Crippen molar-refractivity contribution in [2.24, 2.45) is 0 Å². The van der Waals surface area contributed by atoms with E-state index in [4.69, 9.17) is 0 Å². The van der Waals surface area contributed by atoms with Crippen molar-refractivity contribution in [2.45, 2.75) is 26.3 Å². The Bertz CT molecular complexity index is 983. The largest absolute Gasteiger partial charge is 0.352 e. The summed E-state index contributed by atoms with van der Waals surface area (Å²) in [5.41, 5.74) is 4.22. The van der Waals surface area contributed by atoms with Gasteiger partial charge in [0.1, 0.15) is 11.6 Å². The van der Waals surface area contributed by atoms with Gasteiger partial charge in [0.2, 0.25) is 0 Å². The average molecular weight is 379 g/mol. The molecule has 0 atom stereocenters. The van der Waals surface area contributed by atoms with Gasteiger partial charge in [-0.15, -0.1) is 0 Å². The second-order valence-electron chi connectivity index (χ2n) is 6.87. The van der Waals surface area contributed by atoms with Crippen LogP contribution in [0.4, 0.5) is 10.2 Å². The fraction of sp³-hybridized carbons (Fsp3) is 0.286. The summed E-state index contributed by atoms with van der Waals surface area (Å²) < 4.78 is 13.6. The van der Waals surface area contributed by atoms with E-state index in [1.54, 1.807) is 18.3 Å². The van der Waals surface area contributed by atoms with E-state index in [-0.39, 0.29) is 11.7 Å². The van der Waals surface area contributed by atoms with Crippen LogP contribution in [0.1, 0.15) is 35.0 Å². The maximum absolute atomic E-state index is 13.6. The van der Waals surface area contributed by atoms with Crippen molar-refractivity contribution in [3.05, 3.63) is 65.2 Å². The Hall–Kier alpha value is -3.22. The minimum atomic E-state index is -0.277. The fourth-order valence-corrected chi connectivity index (χ4v) is 3.41. The molecule has 0 radical (unpaired) electrons. The highest BCUT2D eigenvalue weighted by molar-refractivity contribution is 5.94. The first-order valence-corrected chi connectivity index (χ1v) is 9.47. The number of hydrogen-bond acceptors (Lipinski definition) is 4. The number of hydrogen-bond donors (Lipinski definition) is 2. The van der Waals surface area contributed by atoms with Gasteiger partial charge in [-0.1, -0.05) is 19.1 Å². The molecular formula is C21H22FN5O. The normalized spacial score (nSPS) is 13.3. The molecule has 3 heterocycles. The van der Waals surface area contributed by atoms with E-state index < -0.39 is 0 Å². The number of anilines is 1. The Balaban J connectivity index is 1.54. The second kappa shape index (κ2) is 7.80. The van der Waals surface area contributed by atoms with Gasteiger partial charge in [0.05, 0.1) is 11.3 Å². The highest BCUT2D eigenvalue weighted by atomic mass is 19.1. The number of rotatable bonds is 5. The molecule has 1 amide bonds. The van der Waals surface area contributed by atoms with Gasteiger partial charge in [-0.2, -0.15) is 5.10 Å². The summed E-state index contributed by atoms with van der Waals surface area (Å²) in [6.45, 7) is 4.09. The summed E-state index contributed by atoms with van der Waals surface area (Å²) in [6.07, 6.45) is 3.31. The van der Waals surface area contributed by atoms with Crippen LogP contribution >= 0.6 is 0 Å². The lowest BCUT2D eigenvalue weighted by molar-refractivity contribution is 0.0953. The smallest absolute Gasteiger partial charge is 0.252 e. The van der Waals surface area contributed by atoms with Gasteiger partial charge in [-0.05, 0) is 30.7 Å². The van der Waals surface area contributed by atoms with Crippen LogP contribution in [0.3, 0.4) is 0 Å². The number of amides is 1. The van der Waals surface area contributed by atoms with Crippen molar-refractivity contribution in [3.8, 4) is 11.3 Å². The van der Waals surface area contributed by atoms with E-state index in [2.05, 4.69) is 25.4 Å². The predicted molar refractivity (Wildman–Crippen MR) is 106 cm³/mol. The number of carbonyl (C=O) groups excluding carboxylic acids is 1. The molecule has 1 aliphatic rings. The Morgan fingerprint density at radius 3 is 2.96 bits per heavy atom. The van der Waals surface area contributed by atoms with Crippen LogP contribution in [0.15, 0.2) is 42.6 Å². The van der Waals surface area contributed by atoms with Crippen LogP contribution in [-0.2, 0) is 13.0 Å². The number of fused-ring (bicyclic) bond motifs is 1. The second-order valence-corrected chi connectivity index (χ2v) is 6.87. The molecule has 28 heavy (non-hydrogen) atoms. The third-order valence-electron chi connectivity index (χ3n) is 4.90.